The number of pyridine rings is 1. The van der Waals surface area contributed by atoms with Crippen LogP contribution in [0.4, 0.5) is 0 Å². The zero-order valence-corrected chi connectivity index (χ0v) is 9.50. The van der Waals surface area contributed by atoms with E-state index < -0.39 is 0 Å². The van der Waals surface area contributed by atoms with E-state index in [0.29, 0.717) is 0 Å². The molecule has 15 heavy (non-hydrogen) atoms. The molecule has 0 radical (unpaired) electrons. The van der Waals surface area contributed by atoms with Crippen LogP contribution in [0.25, 0.3) is 0 Å². The van der Waals surface area contributed by atoms with Crippen LogP contribution in [-0.4, -0.2) is 10.4 Å². The number of hydroxylamine groups is 2. The van der Waals surface area contributed by atoms with Gasteiger partial charge in [-0.3, -0.25) is 0 Å². The molecule has 0 bridgehead atoms. The monoisotopic (exact) mass is 238 g/mol. The van der Waals surface area contributed by atoms with E-state index >= 15 is 0 Å². The van der Waals surface area contributed by atoms with Gasteiger partial charge in [0.2, 0.25) is 0 Å². The fourth-order valence-electron chi connectivity index (χ4n) is 1.08. The van der Waals surface area contributed by atoms with Gasteiger partial charge in [-0.25, -0.2) is 4.98 Å². The fraction of sp³-hybridized carbons (Fsp3) is 0.100. The molecule has 1 N–H and O–H groups in total. The van der Waals surface area contributed by atoms with Crippen molar-refractivity contribution in [3.05, 3.63) is 54.0 Å². The van der Waals surface area contributed by atoms with E-state index in [4.69, 9.17) is 0 Å². The lowest BCUT2D eigenvalue weighted by molar-refractivity contribution is -0.795. The van der Waals surface area contributed by atoms with Gasteiger partial charge in [0.15, 0.2) is 5.37 Å². The summed E-state index contributed by atoms with van der Waals surface area (Å²) in [7, 11) is 3.06. The van der Waals surface area contributed by atoms with Crippen LogP contribution in [0, 0.1) is 5.21 Å². The first-order valence-electron chi connectivity index (χ1n) is 4.49. The van der Waals surface area contributed by atoms with Crippen LogP contribution < -0.4 is 5.06 Å². The maximum Gasteiger partial charge on any atom is 0.167 e. The number of aromatic nitrogens is 1. The topological polar surface area (TPSA) is 40.4 Å². The average Bonchev–Trinajstić information content (AvgIpc) is 2.29. The van der Waals surface area contributed by atoms with Crippen LogP contribution in [0.1, 0.15) is 0 Å². The van der Waals surface area contributed by atoms with Gasteiger partial charge in [-0.1, -0.05) is 12.1 Å². The molecule has 2 atom stereocenters. The van der Waals surface area contributed by atoms with Crippen LogP contribution in [0.3, 0.4) is 0 Å². The largest absolute Gasteiger partial charge is 0.628 e. The minimum Gasteiger partial charge on any atom is -0.628 e. The molecule has 78 valence electrons. The van der Waals surface area contributed by atoms with E-state index in [1.807, 2.05) is 30.4 Å². The number of nitrogens with zero attached hydrogens (tertiary/aromatic N) is 1. The fourth-order valence-corrected chi connectivity index (χ4v) is 3.23. The summed E-state index contributed by atoms with van der Waals surface area (Å²) < 4.78 is 0. The summed E-state index contributed by atoms with van der Waals surface area (Å²) in [6.07, 6.45) is 8.93. The number of hydrogen-bond donors (Lipinski definition) is 1. The van der Waals surface area contributed by atoms with E-state index in [0.717, 1.165) is 5.03 Å². The molecule has 0 fully saturated rings. The van der Waals surface area contributed by atoms with Crippen molar-refractivity contribution in [2.24, 2.45) is 0 Å². The van der Waals surface area contributed by atoms with Gasteiger partial charge in [-0.15, -0.1) is 0 Å². The molecule has 5 heteroatoms. The molecule has 1 aromatic rings. The first-order valence-corrected chi connectivity index (χ1v) is 6.70. The lowest BCUT2D eigenvalue weighted by Crippen LogP contribution is -3.06. The van der Waals surface area contributed by atoms with E-state index in [2.05, 4.69) is 4.98 Å². The van der Waals surface area contributed by atoms with E-state index in [1.54, 1.807) is 18.5 Å². The Balaban J connectivity index is 1.89. The minimum atomic E-state index is -0.0815. The summed E-state index contributed by atoms with van der Waals surface area (Å²) in [6.45, 7) is 0. The number of nitrogens with one attached hydrogen (secondary N) is 1. The number of rotatable bonds is 3. The second-order valence-corrected chi connectivity index (χ2v) is 5.28. The summed E-state index contributed by atoms with van der Waals surface area (Å²) in [5.41, 5.74) is 0. The smallest absolute Gasteiger partial charge is 0.167 e. The van der Waals surface area contributed by atoms with Crippen molar-refractivity contribution in [1.82, 2.24) is 4.98 Å². The Labute approximate surface area is 96.2 Å². The predicted octanol–water partition coefficient (Wildman–Crippen LogP) is 1.61. The third-order valence-corrected chi connectivity index (χ3v) is 4.34. The van der Waals surface area contributed by atoms with E-state index in [9.17, 15) is 5.21 Å². The van der Waals surface area contributed by atoms with Crippen molar-refractivity contribution in [2.75, 3.05) is 0 Å². The second-order valence-electron chi connectivity index (χ2n) is 2.91. The Morgan fingerprint density at radius 2 is 2.27 bits per heavy atom. The van der Waals surface area contributed by atoms with Crippen LogP contribution in [0.15, 0.2) is 53.8 Å². The average molecular weight is 238 g/mol. The quantitative estimate of drug-likeness (QED) is 0.641. The van der Waals surface area contributed by atoms with Gasteiger partial charge in [0.05, 0.1) is 6.20 Å². The number of hydrogen-bond acceptors (Lipinski definition) is 4. The molecular formula is C10H10N2OS2. The van der Waals surface area contributed by atoms with Crippen molar-refractivity contribution in [2.45, 2.75) is 10.4 Å². The standard InChI is InChI=1S/C10H10N2OS2/c13-12-8-4-2-6-10(12)15-14-9-5-1-3-7-11-9/h1-8,10,12H. The highest BCUT2D eigenvalue weighted by atomic mass is 33.1. The molecule has 0 aliphatic carbocycles. The number of allylic oxidation sites excluding steroid dienone is 2. The molecule has 2 unspecified atom stereocenters. The SMILES string of the molecule is [O-][NH+]1C=CC=CC1SSc1ccccn1. The molecule has 1 aliphatic heterocycles. The van der Waals surface area contributed by atoms with Gasteiger partial charge in [-0.2, -0.15) is 0 Å². The van der Waals surface area contributed by atoms with Crippen molar-refractivity contribution in [1.29, 1.82) is 0 Å². The van der Waals surface area contributed by atoms with Gasteiger partial charge in [0.25, 0.3) is 0 Å². The lowest BCUT2D eigenvalue weighted by atomic mass is 10.4. The maximum atomic E-state index is 11.4. The van der Waals surface area contributed by atoms with Gasteiger partial charge in [-0.05, 0) is 45.9 Å². The van der Waals surface area contributed by atoms with E-state index in [-0.39, 0.29) is 10.4 Å². The lowest BCUT2D eigenvalue weighted by Gasteiger charge is -2.25. The molecule has 3 nitrogen and oxygen atoms in total. The molecular weight excluding hydrogens is 228 g/mol. The summed E-state index contributed by atoms with van der Waals surface area (Å²) in [4.78, 5) is 4.18. The van der Waals surface area contributed by atoms with Gasteiger partial charge >= 0.3 is 0 Å². The Morgan fingerprint density at radius 3 is 3.00 bits per heavy atom. The molecule has 2 rings (SSSR count). The third kappa shape index (κ3) is 3.10. The highest BCUT2D eigenvalue weighted by Crippen LogP contribution is 2.31. The van der Waals surface area contributed by atoms with Crippen molar-refractivity contribution in [3.8, 4) is 0 Å². The Hall–Kier alpha value is -0.750. The van der Waals surface area contributed by atoms with Crippen LogP contribution in [-0.2, 0) is 0 Å². The molecule has 0 spiro atoms. The maximum absolute atomic E-state index is 11.4. The number of quaternary nitrogens is 1. The van der Waals surface area contributed by atoms with Gasteiger partial charge < -0.3 is 10.3 Å². The van der Waals surface area contributed by atoms with Crippen LogP contribution in [0.2, 0.25) is 0 Å². The first-order chi connectivity index (χ1) is 7.36. The zero-order chi connectivity index (χ0) is 10.5. The van der Waals surface area contributed by atoms with Crippen molar-refractivity contribution in [3.63, 3.8) is 0 Å². The molecule has 1 aromatic heterocycles. The summed E-state index contributed by atoms with van der Waals surface area (Å²) in [5, 5.41) is 12.4. The Bertz CT molecular complexity index is 367. The highest BCUT2D eigenvalue weighted by molar-refractivity contribution is 8.76. The summed E-state index contributed by atoms with van der Waals surface area (Å²) in [5.74, 6) is 0. The molecule has 0 saturated carbocycles. The normalized spacial score (nSPS) is 24.3. The minimum absolute atomic E-state index is 0.0815. The molecule has 0 aromatic carbocycles. The Morgan fingerprint density at radius 1 is 1.33 bits per heavy atom. The summed E-state index contributed by atoms with van der Waals surface area (Å²) in [6, 6.07) is 5.75. The highest BCUT2D eigenvalue weighted by Gasteiger charge is 2.14. The van der Waals surface area contributed by atoms with Crippen molar-refractivity contribution < 1.29 is 5.06 Å². The second kappa shape index (κ2) is 5.37. The van der Waals surface area contributed by atoms with Crippen LogP contribution in [0.5, 0.6) is 0 Å². The molecule has 2 heterocycles. The first kappa shape index (κ1) is 10.8. The van der Waals surface area contributed by atoms with Crippen molar-refractivity contribution >= 4 is 21.6 Å². The van der Waals surface area contributed by atoms with E-state index in [1.165, 1.54) is 21.6 Å². The molecule has 1 aliphatic rings. The molecule has 0 amide bonds. The van der Waals surface area contributed by atoms with Gasteiger partial charge in [0, 0.05) is 6.20 Å². The summed E-state index contributed by atoms with van der Waals surface area (Å²) >= 11 is 0. The third-order valence-electron chi connectivity index (χ3n) is 1.81. The zero-order valence-electron chi connectivity index (χ0n) is 7.87. The van der Waals surface area contributed by atoms with Crippen LogP contribution >= 0.6 is 21.6 Å². The Kier molecular flexibility index (Phi) is 3.85. The van der Waals surface area contributed by atoms with Gasteiger partial charge in [0.1, 0.15) is 5.03 Å². The molecule has 0 saturated heterocycles. The predicted molar refractivity (Wildman–Crippen MR) is 64.1 cm³/mol.